The number of amides is 2. The third kappa shape index (κ3) is 3.68. The van der Waals surface area contributed by atoms with Gasteiger partial charge in [-0.15, -0.1) is 0 Å². The lowest BCUT2D eigenvalue weighted by molar-refractivity contribution is -0.121. The molecule has 24 heavy (non-hydrogen) atoms. The molecule has 2 atom stereocenters. The Morgan fingerprint density at radius 3 is 2.62 bits per heavy atom. The largest absolute Gasteiger partial charge is 0.379 e. The third-order valence-electron chi connectivity index (χ3n) is 4.70. The number of primary amides is 2. The summed E-state index contributed by atoms with van der Waals surface area (Å²) in [5.41, 5.74) is 10.8. The summed E-state index contributed by atoms with van der Waals surface area (Å²) in [5.74, 6) is -0.581. The van der Waals surface area contributed by atoms with Gasteiger partial charge in [-0.1, -0.05) is 0 Å². The molecule has 4 N–H and O–H groups in total. The highest BCUT2D eigenvalue weighted by Crippen LogP contribution is 2.27. The van der Waals surface area contributed by atoms with Crippen LogP contribution in [0.5, 0.6) is 0 Å². The van der Waals surface area contributed by atoms with Crippen LogP contribution in [0.4, 0.5) is 5.82 Å². The minimum absolute atomic E-state index is 0.352. The molecular formula is C15H24N6O3. The predicted molar refractivity (Wildman–Crippen MR) is 87.1 cm³/mol. The van der Waals surface area contributed by atoms with E-state index in [1.807, 2.05) is 16.9 Å². The Morgan fingerprint density at radius 2 is 1.96 bits per heavy atom. The summed E-state index contributed by atoms with van der Waals surface area (Å²) in [7, 11) is 0. The second-order valence-corrected chi connectivity index (χ2v) is 6.30. The summed E-state index contributed by atoms with van der Waals surface area (Å²) < 4.78 is 7.18. The smallest absolute Gasteiger partial charge is 0.240 e. The van der Waals surface area contributed by atoms with Gasteiger partial charge in [0.05, 0.1) is 25.7 Å². The third-order valence-corrected chi connectivity index (χ3v) is 4.70. The van der Waals surface area contributed by atoms with E-state index in [1.54, 1.807) is 4.90 Å². The average molecular weight is 336 g/mol. The number of nitrogens with zero attached hydrogens (tertiary/aromatic N) is 4. The van der Waals surface area contributed by atoms with Crippen molar-refractivity contribution in [3.63, 3.8) is 0 Å². The zero-order valence-corrected chi connectivity index (χ0v) is 13.6. The number of hydrogen-bond donors (Lipinski definition) is 2. The lowest BCUT2D eigenvalue weighted by Gasteiger charge is -2.26. The second kappa shape index (κ2) is 7.18. The highest BCUT2D eigenvalue weighted by Gasteiger charge is 2.39. The van der Waals surface area contributed by atoms with Gasteiger partial charge >= 0.3 is 0 Å². The van der Waals surface area contributed by atoms with Crippen molar-refractivity contribution in [1.29, 1.82) is 0 Å². The van der Waals surface area contributed by atoms with Gasteiger partial charge < -0.3 is 21.1 Å². The van der Waals surface area contributed by atoms with E-state index < -0.39 is 17.9 Å². The van der Waals surface area contributed by atoms with Gasteiger partial charge in [0.25, 0.3) is 0 Å². The topological polar surface area (TPSA) is 120 Å². The molecule has 9 heteroatoms. The van der Waals surface area contributed by atoms with Gasteiger partial charge in [0.2, 0.25) is 11.8 Å². The summed E-state index contributed by atoms with van der Waals surface area (Å²) in [6, 6.07) is 1.31. The molecule has 2 amide bonds. The first-order valence-corrected chi connectivity index (χ1v) is 8.23. The molecule has 1 aromatic rings. The number of carbonyl (C=O) groups is 2. The normalized spacial score (nSPS) is 25.1. The van der Waals surface area contributed by atoms with E-state index >= 15 is 0 Å². The van der Waals surface area contributed by atoms with E-state index in [4.69, 9.17) is 16.2 Å². The molecule has 3 heterocycles. The van der Waals surface area contributed by atoms with E-state index in [0.717, 1.165) is 39.4 Å². The number of aromatic nitrogens is 2. The maximum Gasteiger partial charge on any atom is 0.240 e. The number of rotatable bonds is 6. The fourth-order valence-electron chi connectivity index (χ4n) is 3.26. The maximum atomic E-state index is 11.7. The van der Waals surface area contributed by atoms with Crippen LogP contribution < -0.4 is 16.4 Å². The Kier molecular flexibility index (Phi) is 5.00. The quantitative estimate of drug-likeness (QED) is 0.644. The zero-order valence-electron chi connectivity index (χ0n) is 13.6. The lowest BCUT2D eigenvalue weighted by Crippen LogP contribution is -2.40. The first kappa shape index (κ1) is 16.7. The SMILES string of the molecule is NC(=O)C1CC(C(N)=O)N(c2ccn(CCN3CCOCC3)n2)C1. The molecule has 9 nitrogen and oxygen atoms in total. The fourth-order valence-corrected chi connectivity index (χ4v) is 3.26. The molecular weight excluding hydrogens is 312 g/mol. The second-order valence-electron chi connectivity index (χ2n) is 6.30. The standard InChI is InChI=1S/C15H24N6O3/c16-14(22)11-9-12(15(17)23)21(10-11)13-1-2-20(18-13)4-3-19-5-7-24-8-6-19/h1-2,11-12H,3-10H2,(H2,16,22)(H2,17,23). The number of morpholine rings is 1. The molecule has 0 aliphatic carbocycles. The Balaban J connectivity index is 1.63. The van der Waals surface area contributed by atoms with E-state index in [9.17, 15) is 9.59 Å². The Labute approximate surface area is 140 Å². The van der Waals surface area contributed by atoms with Crippen LogP contribution in [-0.2, 0) is 20.9 Å². The molecule has 0 radical (unpaired) electrons. The van der Waals surface area contributed by atoms with Gasteiger partial charge in [-0.25, -0.2) is 0 Å². The summed E-state index contributed by atoms with van der Waals surface area (Å²) in [6.45, 7) is 5.44. The molecule has 1 aromatic heterocycles. The monoisotopic (exact) mass is 336 g/mol. The average Bonchev–Trinajstić information content (AvgIpc) is 3.20. The molecule has 2 saturated heterocycles. The van der Waals surface area contributed by atoms with Gasteiger partial charge in [-0.05, 0) is 6.42 Å². The van der Waals surface area contributed by atoms with Gasteiger partial charge in [0.15, 0.2) is 5.82 Å². The molecule has 2 aliphatic rings. The van der Waals surface area contributed by atoms with Crippen molar-refractivity contribution in [1.82, 2.24) is 14.7 Å². The predicted octanol–water partition coefficient (Wildman–Crippen LogP) is -1.62. The van der Waals surface area contributed by atoms with E-state index in [0.29, 0.717) is 18.8 Å². The lowest BCUT2D eigenvalue weighted by atomic mass is 10.1. The molecule has 132 valence electrons. The highest BCUT2D eigenvalue weighted by molar-refractivity contribution is 5.87. The van der Waals surface area contributed by atoms with Gasteiger partial charge in [0.1, 0.15) is 6.04 Å². The molecule has 3 rings (SSSR count). The summed E-state index contributed by atoms with van der Waals surface area (Å²) in [5, 5.41) is 4.53. The van der Waals surface area contributed by atoms with Crippen LogP contribution in [0.25, 0.3) is 0 Å². The van der Waals surface area contributed by atoms with E-state index in [-0.39, 0.29) is 5.92 Å². The van der Waals surface area contributed by atoms with Crippen LogP contribution in [0.15, 0.2) is 12.3 Å². The van der Waals surface area contributed by atoms with Crippen LogP contribution in [0.1, 0.15) is 6.42 Å². The van der Waals surface area contributed by atoms with Crippen LogP contribution in [-0.4, -0.2) is 71.9 Å². The summed E-state index contributed by atoms with van der Waals surface area (Å²) in [6.07, 6.45) is 2.23. The van der Waals surface area contributed by atoms with Crippen molar-refractivity contribution in [3.05, 3.63) is 12.3 Å². The van der Waals surface area contributed by atoms with Crippen LogP contribution in [0, 0.1) is 5.92 Å². The molecule has 0 saturated carbocycles. The molecule has 2 aliphatic heterocycles. The highest BCUT2D eigenvalue weighted by atomic mass is 16.5. The van der Waals surface area contributed by atoms with Crippen molar-refractivity contribution in [2.45, 2.75) is 19.0 Å². The first-order valence-electron chi connectivity index (χ1n) is 8.23. The van der Waals surface area contributed by atoms with Crippen molar-refractivity contribution < 1.29 is 14.3 Å². The minimum Gasteiger partial charge on any atom is -0.379 e. The molecule has 0 aromatic carbocycles. The van der Waals surface area contributed by atoms with Crippen molar-refractivity contribution in [2.24, 2.45) is 17.4 Å². The Morgan fingerprint density at radius 1 is 1.21 bits per heavy atom. The Hall–Kier alpha value is -2.13. The van der Waals surface area contributed by atoms with Crippen molar-refractivity contribution in [3.8, 4) is 0 Å². The van der Waals surface area contributed by atoms with Crippen LogP contribution >= 0.6 is 0 Å². The van der Waals surface area contributed by atoms with Crippen molar-refractivity contribution in [2.75, 3.05) is 44.3 Å². The summed E-state index contributed by atoms with van der Waals surface area (Å²) >= 11 is 0. The van der Waals surface area contributed by atoms with Gasteiger partial charge in [-0.2, -0.15) is 5.10 Å². The number of ether oxygens (including phenoxy) is 1. The molecule has 0 bridgehead atoms. The number of hydrogen-bond acceptors (Lipinski definition) is 6. The van der Waals surface area contributed by atoms with Gasteiger partial charge in [-0.3, -0.25) is 19.2 Å². The zero-order chi connectivity index (χ0) is 17.1. The van der Waals surface area contributed by atoms with Crippen LogP contribution in [0.3, 0.4) is 0 Å². The van der Waals surface area contributed by atoms with Crippen molar-refractivity contribution >= 4 is 17.6 Å². The first-order chi connectivity index (χ1) is 11.5. The minimum atomic E-state index is -0.537. The summed E-state index contributed by atoms with van der Waals surface area (Å²) in [4.78, 5) is 27.2. The van der Waals surface area contributed by atoms with E-state index in [2.05, 4.69) is 10.00 Å². The number of carbonyl (C=O) groups excluding carboxylic acids is 2. The van der Waals surface area contributed by atoms with E-state index in [1.165, 1.54) is 0 Å². The molecule has 0 spiro atoms. The fraction of sp³-hybridized carbons (Fsp3) is 0.667. The van der Waals surface area contributed by atoms with Gasteiger partial charge in [0, 0.05) is 38.4 Å². The Bertz CT molecular complexity index is 598. The molecule has 2 unspecified atom stereocenters. The number of nitrogens with two attached hydrogens (primary N) is 2. The van der Waals surface area contributed by atoms with Crippen LogP contribution in [0.2, 0.25) is 0 Å². The maximum absolute atomic E-state index is 11.7. The molecule has 2 fully saturated rings. The number of anilines is 1.